The molecule has 2 aromatic rings. The number of rotatable bonds is 6. The smallest absolute Gasteiger partial charge is 0.341 e. The van der Waals surface area contributed by atoms with Gasteiger partial charge in [-0.1, -0.05) is 12.1 Å². The number of aliphatic carboxylic acids is 1. The van der Waals surface area contributed by atoms with Crippen molar-refractivity contribution >= 4 is 40.7 Å². The molecule has 0 spiro atoms. The van der Waals surface area contributed by atoms with Crippen LogP contribution in [0.1, 0.15) is 15.9 Å². The topological polar surface area (TPSA) is 88.0 Å². The summed E-state index contributed by atoms with van der Waals surface area (Å²) in [5.41, 5.74) is 3.48. The molecule has 0 aliphatic carbocycles. The highest BCUT2D eigenvalue weighted by Crippen LogP contribution is 2.15. The van der Waals surface area contributed by atoms with E-state index in [1.807, 2.05) is 12.1 Å². The molecule has 2 N–H and O–H groups in total. The highest BCUT2D eigenvalue weighted by atomic mass is 127. The third-order valence-electron chi connectivity index (χ3n) is 2.75. The van der Waals surface area contributed by atoms with Gasteiger partial charge in [-0.15, -0.1) is 0 Å². The molecule has 2 rings (SSSR count). The van der Waals surface area contributed by atoms with Crippen LogP contribution in [0.4, 0.5) is 0 Å². The van der Waals surface area contributed by atoms with Gasteiger partial charge in [0.05, 0.1) is 6.21 Å². The minimum absolute atomic E-state index is 0.332. The second kappa shape index (κ2) is 8.28. The highest BCUT2D eigenvalue weighted by Gasteiger charge is 2.05. The number of nitrogens with one attached hydrogen (secondary N) is 1. The average Bonchev–Trinajstić information content (AvgIpc) is 2.54. The first-order valence-corrected chi connectivity index (χ1v) is 7.67. The number of ether oxygens (including phenoxy) is 1. The van der Waals surface area contributed by atoms with Crippen LogP contribution in [0.3, 0.4) is 0 Å². The molecule has 0 atom stereocenters. The molecule has 1 amide bonds. The van der Waals surface area contributed by atoms with Gasteiger partial charge in [-0.25, -0.2) is 10.2 Å². The van der Waals surface area contributed by atoms with Crippen LogP contribution in [0.5, 0.6) is 5.75 Å². The predicted octanol–water partition coefficient (Wildman–Crippen LogP) is 2.52. The van der Waals surface area contributed by atoms with Gasteiger partial charge < -0.3 is 9.84 Å². The average molecular weight is 424 g/mol. The molecule has 0 radical (unpaired) electrons. The lowest BCUT2D eigenvalue weighted by Crippen LogP contribution is -2.17. The monoisotopic (exact) mass is 424 g/mol. The van der Waals surface area contributed by atoms with Crippen molar-refractivity contribution in [3.8, 4) is 5.75 Å². The Labute approximate surface area is 146 Å². The predicted molar refractivity (Wildman–Crippen MR) is 93.8 cm³/mol. The molecule has 118 valence electrons. The molecule has 0 aromatic heterocycles. The third-order valence-corrected chi connectivity index (χ3v) is 3.47. The van der Waals surface area contributed by atoms with Crippen LogP contribution >= 0.6 is 22.6 Å². The van der Waals surface area contributed by atoms with Crippen molar-refractivity contribution in [1.29, 1.82) is 0 Å². The minimum Gasteiger partial charge on any atom is -0.481 e. The number of carbonyl (C=O) groups excluding carboxylic acids is 1. The number of hydrazone groups is 1. The van der Waals surface area contributed by atoms with Crippen molar-refractivity contribution in [2.24, 2.45) is 5.10 Å². The lowest BCUT2D eigenvalue weighted by molar-refractivity contribution is -0.139. The summed E-state index contributed by atoms with van der Waals surface area (Å²) in [4.78, 5) is 22.5. The third kappa shape index (κ3) is 5.37. The molecule has 6 nitrogen and oxygen atoms in total. The number of nitrogens with zero attached hydrogens (tertiary/aromatic N) is 1. The van der Waals surface area contributed by atoms with E-state index in [1.165, 1.54) is 6.21 Å². The van der Waals surface area contributed by atoms with E-state index in [2.05, 4.69) is 33.1 Å². The molecule has 0 aliphatic heterocycles. The summed E-state index contributed by atoms with van der Waals surface area (Å²) in [6, 6.07) is 13.9. The van der Waals surface area contributed by atoms with Gasteiger partial charge in [-0.3, -0.25) is 4.79 Å². The van der Waals surface area contributed by atoms with Crippen molar-refractivity contribution in [2.45, 2.75) is 0 Å². The van der Waals surface area contributed by atoms with Crippen LogP contribution in [-0.4, -0.2) is 29.8 Å². The normalized spacial score (nSPS) is 10.5. The molecule has 0 heterocycles. The van der Waals surface area contributed by atoms with Crippen molar-refractivity contribution in [3.63, 3.8) is 0 Å². The van der Waals surface area contributed by atoms with E-state index in [0.717, 1.165) is 3.57 Å². The molecule has 0 aliphatic rings. The number of carbonyl (C=O) groups is 2. The van der Waals surface area contributed by atoms with E-state index in [9.17, 15) is 9.59 Å². The number of hydrogen-bond acceptors (Lipinski definition) is 4. The Balaban J connectivity index is 2.01. The first-order chi connectivity index (χ1) is 11.1. The molecular weight excluding hydrogens is 411 g/mol. The SMILES string of the molecule is O=C(O)COc1ccccc1/C=N\NC(=O)c1ccc(I)cc1. The molecule has 0 fully saturated rings. The second-order valence-corrected chi connectivity index (χ2v) is 5.67. The van der Waals surface area contributed by atoms with Gasteiger partial charge in [0.25, 0.3) is 5.91 Å². The van der Waals surface area contributed by atoms with Gasteiger partial charge in [0.1, 0.15) is 5.75 Å². The number of carboxylic acids is 1. The van der Waals surface area contributed by atoms with Crippen molar-refractivity contribution in [2.75, 3.05) is 6.61 Å². The Hall–Kier alpha value is -2.42. The number of carboxylic acid groups (broad SMARTS) is 1. The molecule has 0 bridgehead atoms. The molecule has 23 heavy (non-hydrogen) atoms. The van der Waals surface area contributed by atoms with E-state index >= 15 is 0 Å². The van der Waals surface area contributed by atoms with E-state index in [-0.39, 0.29) is 5.91 Å². The Bertz CT molecular complexity index is 729. The number of amides is 1. The zero-order valence-electron chi connectivity index (χ0n) is 11.9. The van der Waals surface area contributed by atoms with Crippen LogP contribution < -0.4 is 10.2 Å². The fraction of sp³-hybridized carbons (Fsp3) is 0.0625. The Kier molecular flexibility index (Phi) is 6.10. The van der Waals surface area contributed by atoms with E-state index in [1.54, 1.807) is 36.4 Å². The standard InChI is InChI=1S/C16H13IN2O4/c17-13-7-5-11(6-8-13)16(22)19-18-9-12-3-1-2-4-14(12)23-10-15(20)21/h1-9H,10H2,(H,19,22)(H,20,21)/b18-9-. The Morgan fingerprint density at radius 1 is 1.17 bits per heavy atom. The lowest BCUT2D eigenvalue weighted by atomic mass is 10.2. The van der Waals surface area contributed by atoms with Crippen LogP contribution in [0.15, 0.2) is 53.6 Å². The zero-order valence-corrected chi connectivity index (χ0v) is 14.1. The summed E-state index contributed by atoms with van der Waals surface area (Å²) in [6.07, 6.45) is 1.40. The van der Waals surface area contributed by atoms with Gasteiger partial charge in [0.15, 0.2) is 6.61 Å². The second-order valence-electron chi connectivity index (χ2n) is 4.43. The number of para-hydroxylation sites is 1. The maximum Gasteiger partial charge on any atom is 0.341 e. The van der Waals surface area contributed by atoms with E-state index < -0.39 is 12.6 Å². The molecule has 2 aromatic carbocycles. The first-order valence-electron chi connectivity index (χ1n) is 6.59. The fourth-order valence-electron chi connectivity index (χ4n) is 1.68. The number of halogens is 1. The van der Waals surface area contributed by atoms with Crippen LogP contribution in [0.2, 0.25) is 0 Å². The van der Waals surface area contributed by atoms with Crippen molar-refractivity contribution in [1.82, 2.24) is 5.43 Å². The zero-order chi connectivity index (χ0) is 16.7. The first kappa shape index (κ1) is 16.9. The summed E-state index contributed by atoms with van der Waals surface area (Å²) < 4.78 is 6.18. The highest BCUT2D eigenvalue weighted by molar-refractivity contribution is 14.1. The van der Waals surface area contributed by atoms with Gasteiger partial charge in [-0.05, 0) is 59.0 Å². The summed E-state index contributed by atoms with van der Waals surface area (Å²) in [6.45, 7) is -0.445. The largest absolute Gasteiger partial charge is 0.481 e. The summed E-state index contributed by atoms with van der Waals surface area (Å²) in [5, 5.41) is 12.5. The van der Waals surface area contributed by atoms with Crippen molar-refractivity contribution in [3.05, 3.63) is 63.2 Å². The Morgan fingerprint density at radius 3 is 2.57 bits per heavy atom. The minimum atomic E-state index is -1.07. The molecular formula is C16H13IN2O4. The van der Waals surface area contributed by atoms with Crippen LogP contribution in [-0.2, 0) is 4.79 Å². The van der Waals surface area contributed by atoms with Gasteiger partial charge >= 0.3 is 5.97 Å². The maximum absolute atomic E-state index is 11.9. The summed E-state index contributed by atoms with van der Waals surface area (Å²) >= 11 is 2.16. The van der Waals surface area contributed by atoms with Crippen LogP contribution in [0, 0.1) is 3.57 Å². The molecule has 0 unspecified atom stereocenters. The molecule has 0 saturated heterocycles. The Morgan fingerprint density at radius 2 is 1.87 bits per heavy atom. The molecule has 0 saturated carbocycles. The van der Waals surface area contributed by atoms with Gasteiger partial charge in [0, 0.05) is 14.7 Å². The molecule has 7 heteroatoms. The van der Waals surface area contributed by atoms with Gasteiger partial charge in [-0.2, -0.15) is 5.10 Å². The maximum atomic E-state index is 11.9. The van der Waals surface area contributed by atoms with Gasteiger partial charge in [0.2, 0.25) is 0 Å². The van der Waals surface area contributed by atoms with E-state index in [4.69, 9.17) is 9.84 Å². The fourth-order valence-corrected chi connectivity index (χ4v) is 2.04. The number of benzene rings is 2. The lowest BCUT2D eigenvalue weighted by Gasteiger charge is -2.06. The quantitative estimate of drug-likeness (QED) is 0.424. The summed E-state index contributed by atoms with van der Waals surface area (Å²) in [7, 11) is 0. The van der Waals surface area contributed by atoms with E-state index in [0.29, 0.717) is 16.9 Å². The summed E-state index contributed by atoms with van der Waals surface area (Å²) in [5.74, 6) is -1.02. The van der Waals surface area contributed by atoms with Crippen LogP contribution in [0.25, 0.3) is 0 Å². The number of hydrogen-bond donors (Lipinski definition) is 2. The van der Waals surface area contributed by atoms with Crippen molar-refractivity contribution < 1.29 is 19.4 Å².